The van der Waals surface area contributed by atoms with E-state index in [0.717, 1.165) is 30.9 Å². The summed E-state index contributed by atoms with van der Waals surface area (Å²) in [6.07, 6.45) is 6.55. The second kappa shape index (κ2) is 8.52. The Morgan fingerprint density at radius 2 is 1.97 bits per heavy atom. The van der Waals surface area contributed by atoms with Gasteiger partial charge in [0.25, 0.3) is 5.91 Å². The van der Waals surface area contributed by atoms with E-state index in [-0.39, 0.29) is 5.91 Å². The predicted octanol–water partition coefficient (Wildman–Crippen LogP) is 3.47. The molecule has 0 aliphatic carbocycles. The molecule has 1 saturated heterocycles. The number of aromatic nitrogens is 2. The highest BCUT2D eigenvalue weighted by Crippen LogP contribution is 2.24. The SMILES string of the molecule is Cc1cc(-n2ccnc2)ccc1C(=O)NC1(C#N)CCN(Cc2ccccc2)CC1. The zero-order valence-electron chi connectivity index (χ0n) is 17.1. The predicted molar refractivity (Wildman–Crippen MR) is 115 cm³/mol. The summed E-state index contributed by atoms with van der Waals surface area (Å²) in [4.78, 5) is 19.4. The Labute approximate surface area is 176 Å². The summed E-state index contributed by atoms with van der Waals surface area (Å²) in [5, 5.41) is 12.9. The van der Waals surface area contributed by atoms with Gasteiger partial charge in [0.2, 0.25) is 0 Å². The van der Waals surface area contributed by atoms with Crippen molar-refractivity contribution in [1.82, 2.24) is 19.8 Å². The summed E-state index contributed by atoms with van der Waals surface area (Å²) in [5.74, 6) is -0.192. The molecule has 0 radical (unpaired) electrons. The Morgan fingerprint density at radius 1 is 1.20 bits per heavy atom. The molecule has 6 heteroatoms. The van der Waals surface area contributed by atoms with E-state index < -0.39 is 5.54 Å². The van der Waals surface area contributed by atoms with Gasteiger partial charge in [-0.25, -0.2) is 4.98 Å². The van der Waals surface area contributed by atoms with E-state index in [2.05, 4.69) is 33.4 Å². The minimum absolute atomic E-state index is 0.192. The van der Waals surface area contributed by atoms with Crippen LogP contribution in [0.5, 0.6) is 0 Å². The molecule has 1 amide bonds. The maximum absolute atomic E-state index is 13.0. The fourth-order valence-electron chi connectivity index (χ4n) is 3.96. The lowest BCUT2D eigenvalue weighted by atomic mass is 9.88. The van der Waals surface area contributed by atoms with Crippen molar-refractivity contribution >= 4 is 5.91 Å². The van der Waals surface area contributed by atoms with Gasteiger partial charge in [-0.05, 0) is 49.1 Å². The van der Waals surface area contributed by atoms with Gasteiger partial charge in [-0.2, -0.15) is 5.26 Å². The number of carbonyl (C=O) groups excluding carboxylic acids is 1. The van der Waals surface area contributed by atoms with Gasteiger partial charge in [-0.1, -0.05) is 30.3 Å². The van der Waals surface area contributed by atoms with Crippen molar-refractivity contribution in [2.75, 3.05) is 13.1 Å². The number of hydrogen-bond acceptors (Lipinski definition) is 4. The molecule has 0 bridgehead atoms. The number of benzene rings is 2. The lowest BCUT2D eigenvalue weighted by molar-refractivity contribution is 0.0865. The van der Waals surface area contributed by atoms with E-state index in [1.165, 1.54) is 5.56 Å². The monoisotopic (exact) mass is 399 g/mol. The Kier molecular flexibility index (Phi) is 5.64. The first kappa shape index (κ1) is 19.9. The van der Waals surface area contributed by atoms with Crippen molar-refractivity contribution < 1.29 is 4.79 Å². The van der Waals surface area contributed by atoms with Gasteiger partial charge in [0.05, 0.1) is 12.4 Å². The first-order valence-corrected chi connectivity index (χ1v) is 10.2. The molecule has 0 spiro atoms. The van der Waals surface area contributed by atoms with Crippen LogP contribution in [0, 0.1) is 18.3 Å². The standard InChI is InChI=1S/C24H25N5O/c1-19-15-21(29-14-11-26-18-29)7-8-22(19)23(30)27-24(17-25)9-12-28(13-10-24)16-20-5-3-2-4-6-20/h2-8,11,14-15,18H,9-10,12-13,16H2,1H3,(H,27,30). The van der Waals surface area contributed by atoms with Gasteiger partial charge in [0.1, 0.15) is 5.54 Å². The first-order chi connectivity index (χ1) is 14.6. The number of nitrogens with one attached hydrogen (secondary N) is 1. The molecular weight excluding hydrogens is 374 g/mol. The molecular formula is C24H25N5O. The van der Waals surface area contributed by atoms with Crippen molar-refractivity contribution in [2.24, 2.45) is 0 Å². The number of imidazole rings is 1. The third-order valence-electron chi connectivity index (χ3n) is 5.78. The fraction of sp³-hybridized carbons (Fsp3) is 0.292. The minimum atomic E-state index is -0.820. The van der Waals surface area contributed by atoms with Crippen LogP contribution in [0.4, 0.5) is 0 Å². The highest BCUT2D eigenvalue weighted by Gasteiger charge is 2.36. The first-order valence-electron chi connectivity index (χ1n) is 10.2. The van der Waals surface area contributed by atoms with Crippen molar-refractivity contribution in [3.8, 4) is 11.8 Å². The van der Waals surface area contributed by atoms with Crippen LogP contribution >= 0.6 is 0 Å². The molecule has 4 rings (SSSR count). The van der Waals surface area contributed by atoms with Gasteiger partial charge in [0.15, 0.2) is 0 Å². The fourth-order valence-corrected chi connectivity index (χ4v) is 3.96. The largest absolute Gasteiger partial charge is 0.334 e. The Bertz CT molecular complexity index is 1040. The highest BCUT2D eigenvalue weighted by atomic mass is 16.1. The third kappa shape index (κ3) is 4.27. The van der Waals surface area contributed by atoms with Crippen LogP contribution in [0.3, 0.4) is 0 Å². The maximum atomic E-state index is 13.0. The number of likely N-dealkylation sites (tertiary alicyclic amines) is 1. The quantitative estimate of drug-likeness (QED) is 0.713. The molecule has 2 aromatic carbocycles. The number of rotatable bonds is 5. The van der Waals surface area contributed by atoms with E-state index in [0.29, 0.717) is 18.4 Å². The smallest absolute Gasteiger partial charge is 0.252 e. The van der Waals surface area contributed by atoms with Crippen LogP contribution in [-0.4, -0.2) is 39.0 Å². The van der Waals surface area contributed by atoms with Crippen LogP contribution in [-0.2, 0) is 6.54 Å². The Balaban J connectivity index is 1.41. The van der Waals surface area contributed by atoms with E-state index in [1.807, 2.05) is 54.1 Å². The van der Waals surface area contributed by atoms with Gasteiger partial charge < -0.3 is 9.88 Å². The second-order valence-electron chi connectivity index (χ2n) is 7.88. The average Bonchev–Trinajstić information content (AvgIpc) is 3.31. The zero-order chi connectivity index (χ0) is 21.0. The average molecular weight is 399 g/mol. The molecule has 2 heterocycles. The normalized spacial score (nSPS) is 16.0. The van der Waals surface area contributed by atoms with Crippen LogP contribution in [0.25, 0.3) is 5.69 Å². The van der Waals surface area contributed by atoms with Crippen molar-refractivity contribution in [2.45, 2.75) is 31.8 Å². The number of aryl methyl sites for hydroxylation is 1. The Hall–Kier alpha value is -3.43. The van der Waals surface area contributed by atoms with E-state index in [9.17, 15) is 10.1 Å². The van der Waals surface area contributed by atoms with Crippen molar-refractivity contribution in [3.05, 3.63) is 83.9 Å². The third-order valence-corrected chi connectivity index (χ3v) is 5.78. The summed E-state index contributed by atoms with van der Waals surface area (Å²) in [5.41, 5.74) is 2.86. The van der Waals surface area contributed by atoms with Gasteiger partial charge in [0, 0.05) is 43.3 Å². The summed E-state index contributed by atoms with van der Waals surface area (Å²) in [6.45, 7) is 4.34. The van der Waals surface area contributed by atoms with Gasteiger partial charge >= 0.3 is 0 Å². The summed E-state index contributed by atoms with van der Waals surface area (Å²) in [6, 6.07) is 18.4. The summed E-state index contributed by atoms with van der Waals surface area (Å²) < 4.78 is 1.90. The molecule has 30 heavy (non-hydrogen) atoms. The molecule has 0 unspecified atom stereocenters. The molecule has 3 aromatic rings. The molecule has 1 aliphatic heterocycles. The summed E-state index contributed by atoms with van der Waals surface area (Å²) >= 11 is 0. The van der Waals surface area contributed by atoms with Gasteiger partial charge in [-0.3, -0.25) is 9.69 Å². The number of carbonyl (C=O) groups is 1. The molecule has 1 aliphatic rings. The molecule has 0 saturated carbocycles. The topological polar surface area (TPSA) is 74.0 Å². The molecule has 0 atom stereocenters. The van der Waals surface area contributed by atoms with E-state index in [4.69, 9.17) is 0 Å². The molecule has 1 aromatic heterocycles. The van der Waals surface area contributed by atoms with Crippen LogP contribution < -0.4 is 5.32 Å². The molecule has 152 valence electrons. The van der Waals surface area contributed by atoms with Gasteiger partial charge in [-0.15, -0.1) is 0 Å². The van der Waals surface area contributed by atoms with Crippen LogP contribution in [0.15, 0.2) is 67.3 Å². The van der Waals surface area contributed by atoms with E-state index in [1.54, 1.807) is 12.5 Å². The summed E-state index contributed by atoms with van der Waals surface area (Å²) in [7, 11) is 0. The number of hydrogen-bond donors (Lipinski definition) is 1. The lowest BCUT2D eigenvalue weighted by Crippen LogP contribution is -2.54. The van der Waals surface area contributed by atoms with Crippen molar-refractivity contribution in [1.29, 1.82) is 5.26 Å². The van der Waals surface area contributed by atoms with Crippen molar-refractivity contribution in [3.63, 3.8) is 0 Å². The number of nitrogens with zero attached hydrogens (tertiary/aromatic N) is 4. The highest BCUT2D eigenvalue weighted by molar-refractivity contribution is 5.96. The zero-order valence-corrected chi connectivity index (χ0v) is 17.1. The number of piperidine rings is 1. The molecule has 6 nitrogen and oxygen atoms in total. The Morgan fingerprint density at radius 3 is 2.60 bits per heavy atom. The van der Waals surface area contributed by atoms with E-state index >= 15 is 0 Å². The number of amides is 1. The lowest BCUT2D eigenvalue weighted by Gasteiger charge is -2.37. The maximum Gasteiger partial charge on any atom is 0.252 e. The molecule has 1 N–H and O–H groups in total. The second-order valence-corrected chi connectivity index (χ2v) is 7.88. The molecule has 1 fully saturated rings. The van der Waals surface area contributed by atoms with Crippen LogP contribution in [0.2, 0.25) is 0 Å². The number of nitriles is 1. The van der Waals surface area contributed by atoms with Crippen LogP contribution in [0.1, 0.15) is 34.3 Å². The minimum Gasteiger partial charge on any atom is -0.334 e.